The maximum absolute atomic E-state index is 13.9. The number of hydrogen-bond donors (Lipinski definition) is 1. The van der Waals surface area contributed by atoms with Gasteiger partial charge in [-0.25, -0.2) is 13.8 Å². The zero-order chi connectivity index (χ0) is 21.3. The molecule has 0 radical (unpaired) electrons. The normalized spacial score (nSPS) is 10.9. The van der Waals surface area contributed by atoms with Crippen LogP contribution in [0.5, 0.6) is 0 Å². The summed E-state index contributed by atoms with van der Waals surface area (Å²) in [6, 6.07) is 17.8. The molecule has 0 saturated heterocycles. The summed E-state index contributed by atoms with van der Waals surface area (Å²) < 4.78 is 27.0. The van der Waals surface area contributed by atoms with E-state index in [4.69, 9.17) is 0 Å². The van der Waals surface area contributed by atoms with E-state index in [0.717, 1.165) is 16.7 Å². The van der Waals surface area contributed by atoms with Crippen molar-refractivity contribution in [2.45, 2.75) is 20.4 Å². The standard InChI is InChI=1S/C25H20F2N2O/c1-15-3-6-18(11-16(15)2)24-13-22(21-12-20(27)9-10-23(21)29-24)25(30)28-14-17-4-7-19(26)8-5-17/h3-13H,14H2,1-2H3,(H,28,30). The fourth-order valence-corrected chi connectivity index (χ4v) is 3.31. The molecule has 3 nitrogen and oxygen atoms in total. The molecule has 3 aromatic carbocycles. The number of rotatable bonds is 4. The number of nitrogens with zero attached hydrogens (tertiary/aromatic N) is 1. The van der Waals surface area contributed by atoms with Gasteiger partial charge in [-0.2, -0.15) is 0 Å². The molecule has 1 N–H and O–H groups in total. The van der Waals surface area contributed by atoms with E-state index in [1.54, 1.807) is 24.3 Å². The molecule has 1 amide bonds. The second-order valence-electron chi connectivity index (χ2n) is 7.32. The van der Waals surface area contributed by atoms with Gasteiger partial charge in [0.15, 0.2) is 0 Å². The van der Waals surface area contributed by atoms with E-state index in [-0.39, 0.29) is 18.3 Å². The Morgan fingerprint density at radius 3 is 2.33 bits per heavy atom. The molecule has 4 rings (SSSR count). The van der Waals surface area contributed by atoms with Crippen molar-refractivity contribution in [1.82, 2.24) is 10.3 Å². The van der Waals surface area contributed by atoms with Crippen molar-refractivity contribution in [2.24, 2.45) is 0 Å². The number of nitrogens with one attached hydrogen (secondary N) is 1. The second kappa shape index (κ2) is 8.03. The van der Waals surface area contributed by atoms with Crippen LogP contribution in [0.2, 0.25) is 0 Å². The Bertz CT molecular complexity index is 1250. The van der Waals surface area contributed by atoms with E-state index in [1.165, 1.54) is 29.8 Å². The highest BCUT2D eigenvalue weighted by Gasteiger charge is 2.15. The Balaban J connectivity index is 1.74. The molecule has 0 bridgehead atoms. The van der Waals surface area contributed by atoms with Crippen molar-refractivity contribution in [3.05, 3.63) is 101 Å². The van der Waals surface area contributed by atoms with Gasteiger partial charge in [-0.3, -0.25) is 4.79 Å². The number of pyridine rings is 1. The fourth-order valence-electron chi connectivity index (χ4n) is 3.31. The molecular weight excluding hydrogens is 382 g/mol. The SMILES string of the molecule is Cc1ccc(-c2cc(C(=O)NCc3ccc(F)cc3)c3cc(F)ccc3n2)cc1C. The minimum Gasteiger partial charge on any atom is -0.348 e. The van der Waals surface area contributed by atoms with Gasteiger partial charge >= 0.3 is 0 Å². The molecule has 0 aliphatic heterocycles. The summed E-state index contributed by atoms with van der Waals surface area (Å²) in [5.74, 6) is -1.11. The van der Waals surface area contributed by atoms with Crippen LogP contribution in [0.3, 0.4) is 0 Å². The molecule has 0 aliphatic rings. The van der Waals surface area contributed by atoms with E-state index in [0.29, 0.717) is 22.2 Å². The molecule has 1 heterocycles. The highest BCUT2D eigenvalue weighted by molar-refractivity contribution is 6.07. The van der Waals surface area contributed by atoms with E-state index in [9.17, 15) is 13.6 Å². The number of carbonyl (C=O) groups excluding carboxylic acids is 1. The fraction of sp³-hybridized carbons (Fsp3) is 0.120. The number of halogens is 2. The van der Waals surface area contributed by atoms with Gasteiger partial charge in [0, 0.05) is 17.5 Å². The Hall–Kier alpha value is -3.60. The molecule has 0 saturated carbocycles. The van der Waals surface area contributed by atoms with Crippen LogP contribution in [0.15, 0.2) is 66.7 Å². The van der Waals surface area contributed by atoms with Crippen molar-refractivity contribution in [3.8, 4) is 11.3 Å². The first-order chi connectivity index (χ1) is 14.4. The topological polar surface area (TPSA) is 42.0 Å². The van der Waals surface area contributed by atoms with Gasteiger partial charge in [0.05, 0.1) is 16.8 Å². The van der Waals surface area contributed by atoms with Gasteiger partial charge in [-0.15, -0.1) is 0 Å². The molecule has 30 heavy (non-hydrogen) atoms. The van der Waals surface area contributed by atoms with Crippen molar-refractivity contribution in [1.29, 1.82) is 0 Å². The van der Waals surface area contributed by atoms with Crippen LogP contribution >= 0.6 is 0 Å². The van der Waals surface area contributed by atoms with Crippen molar-refractivity contribution < 1.29 is 13.6 Å². The third-order valence-corrected chi connectivity index (χ3v) is 5.18. The van der Waals surface area contributed by atoms with Crippen molar-refractivity contribution in [3.63, 3.8) is 0 Å². The molecular formula is C25H20F2N2O. The van der Waals surface area contributed by atoms with Crippen LogP contribution in [0.25, 0.3) is 22.2 Å². The lowest BCUT2D eigenvalue weighted by Gasteiger charge is -2.12. The van der Waals surface area contributed by atoms with Gasteiger partial charge in [-0.05, 0) is 73.0 Å². The van der Waals surface area contributed by atoms with Crippen LogP contribution in [0.4, 0.5) is 8.78 Å². The minimum atomic E-state index is -0.434. The first kappa shape index (κ1) is 19.7. The first-order valence-electron chi connectivity index (χ1n) is 9.61. The zero-order valence-electron chi connectivity index (χ0n) is 16.7. The van der Waals surface area contributed by atoms with Crippen LogP contribution in [-0.4, -0.2) is 10.9 Å². The lowest BCUT2D eigenvalue weighted by atomic mass is 10.0. The minimum absolute atomic E-state index is 0.233. The number of aromatic nitrogens is 1. The molecule has 0 atom stereocenters. The van der Waals surface area contributed by atoms with Crippen LogP contribution < -0.4 is 5.32 Å². The molecule has 1 aromatic heterocycles. The van der Waals surface area contributed by atoms with E-state index < -0.39 is 5.82 Å². The summed E-state index contributed by atoms with van der Waals surface area (Å²) in [4.78, 5) is 17.6. The Morgan fingerprint density at radius 2 is 1.60 bits per heavy atom. The second-order valence-corrected chi connectivity index (χ2v) is 7.32. The number of hydrogen-bond acceptors (Lipinski definition) is 2. The predicted molar refractivity (Wildman–Crippen MR) is 114 cm³/mol. The molecule has 150 valence electrons. The number of benzene rings is 3. The average molecular weight is 402 g/mol. The number of carbonyl (C=O) groups is 1. The third-order valence-electron chi connectivity index (χ3n) is 5.18. The number of aryl methyl sites for hydroxylation is 2. The highest BCUT2D eigenvalue weighted by atomic mass is 19.1. The predicted octanol–water partition coefficient (Wildman–Crippen LogP) is 5.73. The largest absolute Gasteiger partial charge is 0.348 e. The Labute approximate surface area is 173 Å². The van der Waals surface area contributed by atoms with E-state index in [1.807, 2.05) is 32.0 Å². The first-order valence-corrected chi connectivity index (χ1v) is 9.61. The maximum atomic E-state index is 13.9. The lowest BCUT2D eigenvalue weighted by Crippen LogP contribution is -2.23. The molecule has 0 aliphatic carbocycles. The lowest BCUT2D eigenvalue weighted by molar-refractivity contribution is 0.0952. The average Bonchev–Trinajstić information content (AvgIpc) is 2.74. The highest BCUT2D eigenvalue weighted by Crippen LogP contribution is 2.27. The van der Waals surface area contributed by atoms with Crippen molar-refractivity contribution >= 4 is 16.8 Å². The summed E-state index contributed by atoms with van der Waals surface area (Å²) in [7, 11) is 0. The molecule has 0 spiro atoms. The molecule has 4 aromatic rings. The number of amides is 1. The summed E-state index contributed by atoms with van der Waals surface area (Å²) in [6.07, 6.45) is 0. The smallest absolute Gasteiger partial charge is 0.252 e. The monoisotopic (exact) mass is 402 g/mol. The zero-order valence-corrected chi connectivity index (χ0v) is 16.7. The molecule has 0 unspecified atom stereocenters. The van der Waals surface area contributed by atoms with Gasteiger partial charge in [0.2, 0.25) is 0 Å². The van der Waals surface area contributed by atoms with Gasteiger partial charge < -0.3 is 5.32 Å². The summed E-state index contributed by atoms with van der Waals surface area (Å²) >= 11 is 0. The molecule has 5 heteroatoms. The quantitative estimate of drug-likeness (QED) is 0.474. The number of fused-ring (bicyclic) bond motifs is 1. The Morgan fingerprint density at radius 1 is 0.867 bits per heavy atom. The van der Waals surface area contributed by atoms with Gasteiger partial charge in [0.25, 0.3) is 5.91 Å². The van der Waals surface area contributed by atoms with Gasteiger partial charge in [0.1, 0.15) is 11.6 Å². The van der Waals surface area contributed by atoms with Crippen LogP contribution in [0.1, 0.15) is 27.0 Å². The van der Waals surface area contributed by atoms with E-state index in [2.05, 4.69) is 10.3 Å². The summed E-state index contributed by atoms with van der Waals surface area (Å²) in [5.41, 5.74) is 5.47. The van der Waals surface area contributed by atoms with E-state index >= 15 is 0 Å². The van der Waals surface area contributed by atoms with Crippen LogP contribution in [0, 0.1) is 25.5 Å². The maximum Gasteiger partial charge on any atom is 0.252 e. The van der Waals surface area contributed by atoms with Gasteiger partial charge in [-0.1, -0.05) is 24.3 Å². The molecule has 0 fully saturated rings. The van der Waals surface area contributed by atoms with Crippen LogP contribution in [-0.2, 0) is 6.54 Å². The summed E-state index contributed by atoms with van der Waals surface area (Å²) in [5, 5.41) is 3.28. The third kappa shape index (κ3) is 4.06. The van der Waals surface area contributed by atoms with Crippen molar-refractivity contribution in [2.75, 3.05) is 0 Å². The summed E-state index contributed by atoms with van der Waals surface area (Å²) in [6.45, 7) is 4.28. The Kier molecular flexibility index (Phi) is 5.27.